The smallest absolute Gasteiger partial charge is 0.312 e. The third-order valence-electron chi connectivity index (χ3n) is 10.2. The van der Waals surface area contributed by atoms with Crippen molar-refractivity contribution in [1.29, 1.82) is 0 Å². The second-order valence-corrected chi connectivity index (χ2v) is 12.4. The highest BCUT2D eigenvalue weighted by Gasteiger charge is 2.78. The molecular weight excluding hydrogens is 462 g/mol. The molecule has 0 spiro atoms. The van der Waals surface area contributed by atoms with Crippen molar-refractivity contribution in [2.45, 2.75) is 83.3 Å². The summed E-state index contributed by atoms with van der Waals surface area (Å²) in [5.41, 5.74) is -6.98. The molecule has 0 heterocycles. The summed E-state index contributed by atoms with van der Waals surface area (Å²) in [5, 5.41) is 21.8. The topological polar surface area (TPSA) is 83.8 Å². The zero-order chi connectivity index (χ0) is 25.1. The standard InChI is InChI=1S/C26H32F2O5S/c1-13-9-15-16-11-18(27)17-10-14(29)5-6-23(17,3)25(16,28)19(30)12-24(15,4)26(13,21(32)34)33-20(31)22(2)7-8-22/h5-6,10,13,15-16,18-19,30H,7-9,11-12H2,1-4H3,(H,32,34)/t13-,15+,16+,18+,19+,23+,24+,25+,26+/m1/s1. The van der Waals surface area contributed by atoms with E-state index in [4.69, 9.17) is 17.0 Å². The van der Waals surface area contributed by atoms with Gasteiger partial charge in [-0.05, 0) is 81.8 Å². The molecule has 8 heteroatoms. The fourth-order valence-corrected chi connectivity index (χ4v) is 8.38. The number of aliphatic hydroxyl groups is 2. The van der Waals surface area contributed by atoms with Crippen molar-refractivity contribution in [3.63, 3.8) is 0 Å². The van der Waals surface area contributed by atoms with Crippen molar-refractivity contribution in [3.8, 4) is 0 Å². The molecule has 0 aliphatic heterocycles. The minimum absolute atomic E-state index is 0.0597. The van der Waals surface area contributed by atoms with Gasteiger partial charge in [0.05, 0.1) is 11.5 Å². The number of hydrogen-bond acceptors (Lipinski definition) is 5. The first kappa shape index (κ1) is 24.0. The zero-order valence-corrected chi connectivity index (χ0v) is 20.8. The Hall–Kier alpha value is -1.67. The summed E-state index contributed by atoms with van der Waals surface area (Å²) in [6, 6.07) is 0. The summed E-state index contributed by atoms with van der Waals surface area (Å²) in [6.07, 6.45) is 2.07. The molecule has 9 atom stereocenters. The third kappa shape index (κ3) is 2.64. The van der Waals surface area contributed by atoms with Crippen LogP contribution in [-0.2, 0) is 14.3 Å². The van der Waals surface area contributed by atoms with Crippen molar-refractivity contribution in [3.05, 3.63) is 23.8 Å². The SMILES string of the molecule is C[C@@H]1C[C@H]2[C@@H]3C[C@H](F)C4=CC(=O)C=C[C@]4(C)[C@@]3(F)[C@@H](O)C[C@]2(C)[C@@]1(OC(=O)C1(C)CC1)C(O)=S. The number of aliphatic hydroxyl groups excluding tert-OH is 2. The van der Waals surface area contributed by atoms with Gasteiger partial charge in [-0.15, -0.1) is 0 Å². The van der Waals surface area contributed by atoms with Crippen LogP contribution in [0.25, 0.3) is 0 Å². The van der Waals surface area contributed by atoms with Crippen LogP contribution in [0.3, 0.4) is 0 Å². The predicted molar refractivity (Wildman–Crippen MR) is 125 cm³/mol. The molecule has 5 nitrogen and oxygen atoms in total. The van der Waals surface area contributed by atoms with Crippen molar-refractivity contribution in [2.24, 2.45) is 34.0 Å². The van der Waals surface area contributed by atoms with Gasteiger partial charge >= 0.3 is 5.97 Å². The van der Waals surface area contributed by atoms with Gasteiger partial charge in [0.15, 0.2) is 17.1 Å². The number of rotatable bonds is 3. The van der Waals surface area contributed by atoms with E-state index in [9.17, 15) is 19.8 Å². The molecule has 0 aromatic rings. The number of halogens is 2. The van der Waals surface area contributed by atoms with Crippen LogP contribution in [0.2, 0.25) is 0 Å². The molecule has 34 heavy (non-hydrogen) atoms. The molecule has 0 radical (unpaired) electrons. The molecule has 0 saturated heterocycles. The molecule has 4 fully saturated rings. The Balaban J connectivity index is 1.62. The van der Waals surface area contributed by atoms with Gasteiger partial charge in [-0.2, -0.15) is 0 Å². The van der Waals surface area contributed by atoms with Crippen LogP contribution in [0.5, 0.6) is 0 Å². The molecular formula is C26H32F2O5S. The van der Waals surface area contributed by atoms with E-state index in [1.165, 1.54) is 12.2 Å². The van der Waals surface area contributed by atoms with Crippen molar-refractivity contribution in [1.82, 2.24) is 0 Å². The van der Waals surface area contributed by atoms with Gasteiger partial charge in [-0.25, -0.2) is 8.78 Å². The lowest BCUT2D eigenvalue weighted by Crippen LogP contribution is -2.71. The van der Waals surface area contributed by atoms with Crippen LogP contribution >= 0.6 is 12.2 Å². The van der Waals surface area contributed by atoms with E-state index in [-0.39, 0.29) is 18.4 Å². The van der Waals surface area contributed by atoms with Crippen molar-refractivity contribution >= 4 is 29.0 Å². The largest absolute Gasteiger partial charge is 0.499 e. The van der Waals surface area contributed by atoms with Crippen molar-refractivity contribution < 1.29 is 33.3 Å². The third-order valence-corrected chi connectivity index (χ3v) is 10.5. The lowest BCUT2D eigenvalue weighted by Gasteiger charge is -2.63. The number of allylic oxidation sites excluding steroid dienone is 4. The highest BCUT2D eigenvalue weighted by molar-refractivity contribution is 7.80. The van der Waals surface area contributed by atoms with E-state index in [0.717, 1.165) is 6.08 Å². The summed E-state index contributed by atoms with van der Waals surface area (Å²) in [4.78, 5) is 25.0. The number of thiocarbonyl (C=S) groups is 1. The van der Waals surface area contributed by atoms with E-state index in [2.05, 4.69) is 0 Å². The maximum absolute atomic E-state index is 17.3. The minimum atomic E-state index is -2.23. The molecule has 0 aromatic carbocycles. The van der Waals surface area contributed by atoms with E-state index < -0.39 is 74.3 Å². The van der Waals surface area contributed by atoms with Crippen LogP contribution in [0.4, 0.5) is 8.78 Å². The average Bonchev–Trinajstić information content (AvgIpc) is 3.46. The van der Waals surface area contributed by atoms with Crippen molar-refractivity contribution in [2.75, 3.05) is 0 Å². The van der Waals surface area contributed by atoms with E-state index in [0.29, 0.717) is 19.3 Å². The first-order valence-electron chi connectivity index (χ1n) is 12.1. The highest BCUT2D eigenvalue weighted by Crippen LogP contribution is 2.72. The van der Waals surface area contributed by atoms with Gasteiger partial charge < -0.3 is 14.9 Å². The molecule has 5 aliphatic rings. The Morgan fingerprint density at radius 3 is 2.44 bits per heavy atom. The maximum atomic E-state index is 17.3. The Bertz CT molecular complexity index is 1050. The number of hydrogen-bond donors (Lipinski definition) is 2. The van der Waals surface area contributed by atoms with Gasteiger partial charge in [0, 0.05) is 22.7 Å². The first-order valence-corrected chi connectivity index (χ1v) is 12.5. The molecule has 0 aromatic heterocycles. The first-order chi connectivity index (χ1) is 15.7. The number of carbonyl (C=O) groups is 2. The molecule has 2 N–H and O–H groups in total. The van der Waals surface area contributed by atoms with Gasteiger partial charge in [0.2, 0.25) is 5.05 Å². The number of ether oxygens (including phenoxy) is 1. The normalized spacial score (nSPS) is 50.5. The summed E-state index contributed by atoms with van der Waals surface area (Å²) >= 11 is 5.28. The summed E-state index contributed by atoms with van der Waals surface area (Å²) in [6.45, 7) is 6.92. The fraction of sp³-hybridized carbons (Fsp3) is 0.731. The summed E-state index contributed by atoms with van der Waals surface area (Å²) in [7, 11) is 0. The number of esters is 1. The van der Waals surface area contributed by atoms with Crippen LogP contribution in [0.1, 0.15) is 59.8 Å². The summed E-state index contributed by atoms with van der Waals surface area (Å²) < 4.78 is 38.9. The lowest BCUT2D eigenvalue weighted by molar-refractivity contribution is -0.223. The maximum Gasteiger partial charge on any atom is 0.312 e. The van der Waals surface area contributed by atoms with E-state index in [1.807, 2.05) is 6.92 Å². The Labute approximate surface area is 203 Å². The molecule has 0 unspecified atom stereocenters. The van der Waals surface area contributed by atoms with Gasteiger partial charge in [0.25, 0.3) is 0 Å². The van der Waals surface area contributed by atoms with Crippen LogP contribution in [0, 0.1) is 34.0 Å². The van der Waals surface area contributed by atoms with E-state index in [1.54, 1.807) is 20.8 Å². The average molecular weight is 495 g/mol. The molecule has 186 valence electrons. The number of alkyl halides is 2. The second kappa shape index (κ2) is 6.96. The number of carbonyl (C=O) groups excluding carboxylic acids is 2. The Kier molecular flexibility index (Phi) is 4.92. The fourth-order valence-electron chi connectivity index (χ4n) is 7.90. The molecule has 0 bridgehead atoms. The van der Waals surface area contributed by atoms with Crippen LogP contribution in [0.15, 0.2) is 23.8 Å². The number of ketones is 1. The van der Waals surface area contributed by atoms with E-state index >= 15 is 8.78 Å². The van der Waals surface area contributed by atoms with Gasteiger partial charge in [-0.3, -0.25) is 9.59 Å². The van der Waals surface area contributed by atoms with Crippen LogP contribution < -0.4 is 0 Å². The minimum Gasteiger partial charge on any atom is -0.499 e. The lowest BCUT2D eigenvalue weighted by atomic mass is 9.44. The Morgan fingerprint density at radius 2 is 1.85 bits per heavy atom. The molecule has 5 aliphatic carbocycles. The zero-order valence-electron chi connectivity index (χ0n) is 19.9. The molecule has 0 amide bonds. The monoisotopic (exact) mass is 494 g/mol. The quantitative estimate of drug-likeness (QED) is 0.443. The molecule has 4 saturated carbocycles. The number of fused-ring (bicyclic) bond motifs is 5. The van der Waals surface area contributed by atoms with Gasteiger partial charge in [-0.1, -0.05) is 19.9 Å². The van der Waals surface area contributed by atoms with Gasteiger partial charge in [0.1, 0.15) is 6.17 Å². The van der Waals surface area contributed by atoms with Crippen LogP contribution in [-0.4, -0.2) is 50.6 Å². The predicted octanol–water partition coefficient (Wildman–Crippen LogP) is 4.52. The summed E-state index contributed by atoms with van der Waals surface area (Å²) in [5.74, 6) is -2.74. The Morgan fingerprint density at radius 1 is 1.21 bits per heavy atom. The molecule has 5 rings (SSSR count). The highest BCUT2D eigenvalue weighted by atomic mass is 32.1. The second-order valence-electron chi connectivity index (χ2n) is 12.0.